The van der Waals surface area contributed by atoms with Gasteiger partial charge in [-0.15, -0.1) is 11.3 Å². The third kappa shape index (κ3) is 2.38. The van der Waals surface area contributed by atoms with E-state index in [1.807, 2.05) is 6.92 Å². The van der Waals surface area contributed by atoms with Crippen molar-refractivity contribution in [1.82, 2.24) is 20.2 Å². The Hall–Kier alpha value is -1.96. The lowest BCUT2D eigenvalue weighted by molar-refractivity contribution is -0.139. The van der Waals surface area contributed by atoms with Gasteiger partial charge in [0.25, 0.3) is 0 Å². The Bertz CT molecular complexity index is 609. The first-order chi connectivity index (χ1) is 9.65. The highest BCUT2D eigenvalue weighted by Gasteiger charge is 2.30. The second-order valence-electron chi connectivity index (χ2n) is 4.85. The molecule has 0 aliphatic heterocycles. The number of nitrogens with zero attached hydrogens (tertiary/aromatic N) is 3. The summed E-state index contributed by atoms with van der Waals surface area (Å²) in [7, 11) is 0. The van der Waals surface area contributed by atoms with Crippen LogP contribution in [0.3, 0.4) is 0 Å². The molecule has 0 fully saturated rings. The molecule has 2 atom stereocenters. The average molecular weight is 293 g/mol. The Balaban J connectivity index is 1.81. The zero-order chi connectivity index (χ0) is 14.1. The molecule has 0 amide bonds. The molecular formula is C12H15N5O2S. The molecule has 0 bridgehead atoms. The minimum atomic E-state index is -0.786. The molecule has 2 heterocycles. The van der Waals surface area contributed by atoms with Crippen molar-refractivity contribution in [1.29, 1.82) is 0 Å². The maximum absolute atomic E-state index is 11.3. The summed E-state index contributed by atoms with van der Waals surface area (Å²) in [5.41, 5.74) is 0.723. The van der Waals surface area contributed by atoms with Crippen LogP contribution >= 0.6 is 11.3 Å². The van der Waals surface area contributed by atoms with Gasteiger partial charge in [-0.3, -0.25) is 9.89 Å². The molecule has 3 N–H and O–H groups in total. The number of H-pyrrole nitrogens is 1. The second kappa shape index (κ2) is 5.20. The third-order valence-electron chi connectivity index (χ3n) is 3.44. The Morgan fingerprint density at radius 3 is 3.20 bits per heavy atom. The fourth-order valence-electron chi connectivity index (χ4n) is 2.40. The van der Waals surface area contributed by atoms with Gasteiger partial charge in [-0.05, 0) is 26.2 Å². The topological polar surface area (TPSA) is 104 Å². The van der Waals surface area contributed by atoms with Crippen LogP contribution < -0.4 is 5.32 Å². The number of carboxylic acids is 1. The summed E-state index contributed by atoms with van der Waals surface area (Å²) in [6.45, 7) is 1.95. The molecule has 0 radical (unpaired) electrons. The summed E-state index contributed by atoms with van der Waals surface area (Å²) in [4.78, 5) is 20.9. The van der Waals surface area contributed by atoms with Crippen molar-refractivity contribution in [3.05, 3.63) is 22.7 Å². The van der Waals surface area contributed by atoms with E-state index in [1.54, 1.807) is 0 Å². The SMILES string of the molecule is CC(Nc1nc2c(s1)CCCC2C(=O)O)c1ncn[nH]1. The molecule has 2 aromatic heterocycles. The third-order valence-corrected chi connectivity index (χ3v) is 4.50. The molecule has 1 aliphatic carbocycles. The van der Waals surface area contributed by atoms with Gasteiger partial charge >= 0.3 is 5.97 Å². The van der Waals surface area contributed by atoms with Crippen LogP contribution in [0.4, 0.5) is 5.13 Å². The van der Waals surface area contributed by atoms with E-state index in [0.717, 1.165) is 34.4 Å². The van der Waals surface area contributed by atoms with E-state index in [2.05, 4.69) is 25.5 Å². The molecule has 3 rings (SSSR count). The van der Waals surface area contributed by atoms with E-state index in [4.69, 9.17) is 0 Å². The van der Waals surface area contributed by atoms with Crippen LogP contribution in [0.5, 0.6) is 0 Å². The maximum atomic E-state index is 11.3. The van der Waals surface area contributed by atoms with Crippen LogP contribution in [-0.2, 0) is 11.2 Å². The quantitative estimate of drug-likeness (QED) is 0.796. The van der Waals surface area contributed by atoms with Crippen LogP contribution in [0.2, 0.25) is 0 Å². The van der Waals surface area contributed by atoms with Crippen molar-refractivity contribution >= 4 is 22.4 Å². The molecule has 106 valence electrons. The first kappa shape index (κ1) is 13.0. The number of carbonyl (C=O) groups is 1. The van der Waals surface area contributed by atoms with E-state index in [1.165, 1.54) is 17.7 Å². The van der Waals surface area contributed by atoms with Crippen molar-refractivity contribution in [3.63, 3.8) is 0 Å². The molecule has 0 aromatic carbocycles. The van der Waals surface area contributed by atoms with Gasteiger partial charge in [0.05, 0.1) is 11.7 Å². The number of nitrogens with one attached hydrogen (secondary N) is 2. The number of thiazole rings is 1. The van der Waals surface area contributed by atoms with Crippen LogP contribution in [0, 0.1) is 0 Å². The zero-order valence-corrected chi connectivity index (χ0v) is 11.8. The standard InChI is InChI=1S/C12H15N5O2S/c1-6(10-13-5-14-17-10)15-12-16-9-7(11(18)19)3-2-4-8(9)20-12/h5-7H,2-4H2,1H3,(H,15,16)(H,18,19)(H,13,14,17). The first-order valence-electron chi connectivity index (χ1n) is 6.49. The lowest BCUT2D eigenvalue weighted by Gasteiger charge is -2.16. The van der Waals surface area contributed by atoms with Crippen LogP contribution in [0.1, 0.15) is 48.1 Å². The van der Waals surface area contributed by atoms with Crippen molar-refractivity contribution in [3.8, 4) is 0 Å². The summed E-state index contributed by atoms with van der Waals surface area (Å²) < 4.78 is 0. The minimum Gasteiger partial charge on any atom is -0.481 e. The Kier molecular flexibility index (Phi) is 3.39. The van der Waals surface area contributed by atoms with Gasteiger partial charge in [0.2, 0.25) is 0 Å². The summed E-state index contributed by atoms with van der Waals surface area (Å²) >= 11 is 1.53. The maximum Gasteiger partial charge on any atom is 0.312 e. The number of carboxylic acid groups (broad SMARTS) is 1. The normalized spacial score (nSPS) is 19.4. The number of aromatic amines is 1. The van der Waals surface area contributed by atoms with E-state index in [9.17, 15) is 9.90 Å². The highest BCUT2D eigenvalue weighted by Crippen LogP contribution is 2.37. The summed E-state index contributed by atoms with van der Waals surface area (Å²) in [6, 6.07) is -0.0478. The van der Waals surface area contributed by atoms with E-state index < -0.39 is 11.9 Å². The molecule has 20 heavy (non-hydrogen) atoms. The van der Waals surface area contributed by atoms with E-state index >= 15 is 0 Å². The van der Waals surface area contributed by atoms with Crippen molar-refractivity contribution in [2.75, 3.05) is 5.32 Å². The number of fused-ring (bicyclic) bond motifs is 1. The number of aromatic nitrogens is 4. The van der Waals surface area contributed by atoms with Crippen molar-refractivity contribution in [2.24, 2.45) is 0 Å². The number of anilines is 1. The highest BCUT2D eigenvalue weighted by molar-refractivity contribution is 7.15. The fourth-order valence-corrected chi connectivity index (χ4v) is 3.55. The second-order valence-corrected chi connectivity index (χ2v) is 5.93. The van der Waals surface area contributed by atoms with Gasteiger partial charge in [0.15, 0.2) is 5.13 Å². The predicted molar refractivity (Wildman–Crippen MR) is 73.8 cm³/mol. The summed E-state index contributed by atoms with van der Waals surface area (Å²) in [5.74, 6) is -0.523. The lowest BCUT2D eigenvalue weighted by Crippen LogP contribution is -2.17. The molecule has 0 spiro atoms. The van der Waals surface area contributed by atoms with Crippen molar-refractivity contribution < 1.29 is 9.90 Å². The highest BCUT2D eigenvalue weighted by atomic mass is 32.1. The van der Waals surface area contributed by atoms with E-state index in [-0.39, 0.29) is 6.04 Å². The molecule has 0 saturated heterocycles. The van der Waals surface area contributed by atoms with Crippen molar-refractivity contribution in [2.45, 2.75) is 38.1 Å². The molecule has 2 aromatic rings. The van der Waals surface area contributed by atoms with Gasteiger partial charge in [-0.25, -0.2) is 9.97 Å². The van der Waals surface area contributed by atoms with Gasteiger partial charge in [0, 0.05) is 4.88 Å². The smallest absolute Gasteiger partial charge is 0.312 e. The van der Waals surface area contributed by atoms with Gasteiger partial charge in [-0.1, -0.05) is 0 Å². The first-order valence-corrected chi connectivity index (χ1v) is 7.31. The minimum absolute atomic E-state index is 0.0478. The Labute approximate surface area is 119 Å². The average Bonchev–Trinajstić information content (AvgIpc) is 3.06. The number of rotatable bonds is 4. The molecule has 2 unspecified atom stereocenters. The predicted octanol–water partition coefficient (Wildman–Crippen LogP) is 1.94. The molecule has 7 nitrogen and oxygen atoms in total. The zero-order valence-electron chi connectivity index (χ0n) is 11.0. The summed E-state index contributed by atoms with van der Waals surface area (Å²) in [6.07, 6.45) is 3.95. The Morgan fingerprint density at radius 2 is 2.50 bits per heavy atom. The molecule has 8 heteroatoms. The van der Waals surface area contributed by atoms with Crippen LogP contribution in [0.15, 0.2) is 6.33 Å². The lowest BCUT2D eigenvalue weighted by atomic mass is 9.91. The van der Waals surface area contributed by atoms with Gasteiger partial charge in [0.1, 0.15) is 18.1 Å². The van der Waals surface area contributed by atoms with Crippen LogP contribution in [-0.4, -0.2) is 31.2 Å². The Morgan fingerprint density at radius 1 is 1.65 bits per heavy atom. The largest absolute Gasteiger partial charge is 0.481 e. The molecule has 0 saturated carbocycles. The molecular weight excluding hydrogens is 278 g/mol. The number of aryl methyl sites for hydroxylation is 1. The number of aliphatic carboxylic acids is 1. The van der Waals surface area contributed by atoms with Gasteiger partial charge in [-0.2, -0.15) is 5.10 Å². The molecule has 1 aliphatic rings. The number of hydrogen-bond donors (Lipinski definition) is 3. The fraction of sp³-hybridized carbons (Fsp3) is 0.500. The summed E-state index contributed by atoms with van der Waals surface area (Å²) in [5, 5.41) is 19.9. The van der Waals surface area contributed by atoms with Gasteiger partial charge < -0.3 is 10.4 Å². The van der Waals surface area contributed by atoms with Crippen LogP contribution in [0.25, 0.3) is 0 Å². The monoisotopic (exact) mass is 293 g/mol. The number of hydrogen-bond acceptors (Lipinski definition) is 6. The van der Waals surface area contributed by atoms with E-state index in [0.29, 0.717) is 6.42 Å².